The van der Waals surface area contributed by atoms with Crippen molar-refractivity contribution in [3.63, 3.8) is 0 Å². The molecule has 1 aliphatic heterocycles. The summed E-state index contributed by atoms with van der Waals surface area (Å²) in [4.78, 5) is 14.1. The van der Waals surface area contributed by atoms with Crippen molar-refractivity contribution in [3.8, 4) is 0 Å². The molecule has 3 nitrogen and oxygen atoms in total. The van der Waals surface area contributed by atoms with Gasteiger partial charge in [-0.15, -0.1) is 0 Å². The highest BCUT2D eigenvalue weighted by molar-refractivity contribution is 6.34. The number of nitrogens with two attached hydrogens (primary N) is 1. The van der Waals surface area contributed by atoms with Crippen molar-refractivity contribution in [2.45, 2.75) is 31.8 Å². The number of hydrogen-bond acceptors (Lipinski definition) is 2. The number of carbonyl (C=O) groups is 1. The van der Waals surface area contributed by atoms with Crippen molar-refractivity contribution in [2.24, 2.45) is 5.73 Å². The van der Waals surface area contributed by atoms with Gasteiger partial charge >= 0.3 is 0 Å². The van der Waals surface area contributed by atoms with Gasteiger partial charge in [0.2, 0.25) is 5.91 Å². The van der Waals surface area contributed by atoms with E-state index in [1.54, 1.807) is 30.4 Å². The van der Waals surface area contributed by atoms with Gasteiger partial charge in [0, 0.05) is 34.7 Å². The van der Waals surface area contributed by atoms with Crippen molar-refractivity contribution in [1.29, 1.82) is 0 Å². The summed E-state index contributed by atoms with van der Waals surface area (Å²) in [6, 6.07) is 5.54. The molecule has 0 bridgehead atoms. The van der Waals surface area contributed by atoms with Crippen LogP contribution in [0.1, 0.15) is 25.3 Å². The summed E-state index contributed by atoms with van der Waals surface area (Å²) in [6.07, 6.45) is 4.95. The van der Waals surface area contributed by atoms with Gasteiger partial charge in [-0.1, -0.05) is 23.2 Å². The summed E-state index contributed by atoms with van der Waals surface area (Å²) in [5.74, 6) is -0.0135. The maximum absolute atomic E-state index is 12.2. The van der Waals surface area contributed by atoms with E-state index >= 15 is 0 Å². The largest absolute Gasteiger partial charge is 0.336 e. The molecular weight excluding hydrogens is 295 g/mol. The summed E-state index contributed by atoms with van der Waals surface area (Å²) in [5.41, 5.74) is 6.65. The first kappa shape index (κ1) is 15.4. The van der Waals surface area contributed by atoms with Gasteiger partial charge in [0.25, 0.3) is 0 Å². The average Bonchev–Trinajstić information content (AvgIpc) is 2.39. The monoisotopic (exact) mass is 312 g/mol. The van der Waals surface area contributed by atoms with Gasteiger partial charge in [0.05, 0.1) is 0 Å². The molecule has 2 N–H and O–H groups in total. The van der Waals surface area contributed by atoms with E-state index in [9.17, 15) is 4.79 Å². The molecule has 1 aromatic carbocycles. The molecule has 1 saturated heterocycles. The zero-order valence-corrected chi connectivity index (χ0v) is 12.9. The molecule has 1 aliphatic rings. The van der Waals surface area contributed by atoms with Gasteiger partial charge in [-0.3, -0.25) is 4.79 Å². The van der Waals surface area contributed by atoms with E-state index in [0.717, 1.165) is 18.4 Å². The fraction of sp³-hybridized carbons (Fsp3) is 0.400. The minimum absolute atomic E-state index is 0.0135. The van der Waals surface area contributed by atoms with Gasteiger partial charge in [0.15, 0.2) is 0 Å². The molecule has 5 heteroatoms. The minimum Gasteiger partial charge on any atom is -0.336 e. The molecule has 0 aliphatic carbocycles. The predicted octanol–water partition coefficient (Wildman–Crippen LogP) is 3.34. The van der Waals surface area contributed by atoms with Gasteiger partial charge in [0.1, 0.15) is 0 Å². The second-order valence-electron chi connectivity index (χ2n) is 5.16. The highest BCUT2D eigenvalue weighted by Gasteiger charge is 2.25. The lowest BCUT2D eigenvalue weighted by atomic mass is 9.99. The molecule has 2 rings (SSSR count). The Bertz CT molecular complexity index is 531. The number of hydrogen-bond donors (Lipinski definition) is 1. The normalized spacial score (nSPS) is 23.3. The lowest BCUT2D eigenvalue weighted by molar-refractivity contribution is -0.129. The highest BCUT2D eigenvalue weighted by atomic mass is 35.5. The number of piperidine rings is 1. The molecule has 0 saturated carbocycles. The number of amides is 1. The Balaban J connectivity index is 2.07. The van der Waals surface area contributed by atoms with E-state index in [1.165, 1.54) is 0 Å². The number of carbonyl (C=O) groups excluding carboxylic acids is 1. The molecule has 0 radical (unpaired) electrons. The van der Waals surface area contributed by atoms with Crippen molar-refractivity contribution < 1.29 is 4.79 Å². The Hall–Kier alpha value is -1.03. The Kier molecular flexibility index (Phi) is 5.08. The SMILES string of the molecule is CC1CC(N)CCN1C(=O)C=Cc1cc(Cl)ccc1Cl. The molecular formula is C15H18Cl2N2O. The Morgan fingerprint density at radius 3 is 2.90 bits per heavy atom. The molecule has 1 aromatic rings. The molecule has 0 spiro atoms. The van der Waals surface area contributed by atoms with E-state index in [1.807, 2.05) is 11.8 Å². The molecule has 0 aromatic heterocycles. The number of halogens is 2. The van der Waals surface area contributed by atoms with Crippen molar-refractivity contribution in [1.82, 2.24) is 4.90 Å². The maximum atomic E-state index is 12.2. The first-order valence-corrected chi connectivity index (χ1v) is 7.42. The zero-order chi connectivity index (χ0) is 14.7. The highest BCUT2D eigenvalue weighted by Crippen LogP contribution is 2.22. The quantitative estimate of drug-likeness (QED) is 0.851. The van der Waals surface area contributed by atoms with Crippen LogP contribution in [-0.2, 0) is 4.79 Å². The fourth-order valence-electron chi connectivity index (χ4n) is 2.44. The van der Waals surface area contributed by atoms with Crippen LogP contribution in [-0.4, -0.2) is 29.4 Å². The third-order valence-electron chi connectivity index (χ3n) is 3.56. The first-order valence-electron chi connectivity index (χ1n) is 6.66. The third-order valence-corrected chi connectivity index (χ3v) is 4.14. The van der Waals surface area contributed by atoms with E-state index in [-0.39, 0.29) is 18.0 Å². The molecule has 2 unspecified atom stereocenters. The number of rotatable bonds is 2. The van der Waals surface area contributed by atoms with Gasteiger partial charge in [-0.05, 0) is 49.6 Å². The minimum atomic E-state index is -0.0135. The Morgan fingerprint density at radius 1 is 1.45 bits per heavy atom. The second-order valence-corrected chi connectivity index (χ2v) is 6.01. The topological polar surface area (TPSA) is 46.3 Å². The molecule has 108 valence electrons. The van der Waals surface area contributed by atoms with Gasteiger partial charge in [-0.2, -0.15) is 0 Å². The van der Waals surface area contributed by atoms with Crippen LogP contribution in [0.15, 0.2) is 24.3 Å². The van der Waals surface area contributed by atoms with Crippen LogP contribution in [0.25, 0.3) is 6.08 Å². The van der Waals surface area contributed by atoms with Crippen LogP contribution in [0.4, 0.5) is 0 Å². The van der Waals surface area contributed by atoms with Crippen LogP contribution in [0.5, 0.6) is 0 Å². The maximum Gasteiger partial charge on any atom is 0.246 e. The molecule has 2 atom stereocenters. The van der Waals surface area contributed by atoms with Crippen molar-refractivity contribution >= 4 is 35.2 Å². The number of benzene rings is 1. The Morgan fingerprint density at radius 2 is 2.20 bits per heavy atom. The van der Waals surface area contributed by atoms with Crippen LogP contribution < -0.4 is 5.73 Å². The van der Waals surface area contributed by atoms with Crippen LogP contribution >= 0.6 is 23.2 Å². The summed E-state index contributed by atoms with van der Waals surface area (Å²) in [6.45, 7) is 2.73. The molecule has 1 fully saturated rings. The predicted molar refractivity (Wildman–Crippen MR) is 83.9 cm³/mol. The smallest absolute Gasteiger partial charge is 0.246 e. The first-order chi connectivity index (χ1) is 9.47. The van der Waals surface area contributed by atoms with Gasteiger partial charge in [-0.25, -0.2) is 0 Å². The molecule has 1 heterocycles. The van der Waals surface area contributed by atoms with E-state index in [2.05, 4.69) is 0 Å². The standard InChI is InChI=1S/C15H18Cl2N2O/c1-10-8-13(18)6-7-19(10)15(20)5-2-11-9-12(16)3-4-14(11)17/h2-5,9-10,13H,6-8,18H2,1H3. The van der Waals surface area contributed by atoms with E-state index in [0.29, 0.717) is 16.6 Å². The molecule has 20 heavy (non-hydrogen) atoms. The van der Waals surface area contributed by atoms with E-state index < -0.39 is 0 Å². The van der Waals surface area contributed by atoms with Crippen molar-refractivity contribution in [2.75, 3.05) is 6.54 Å². The zero-order valence-electron chi connectivity index (χ0n) is 11.4. The lowest BCUT2D eigenvalue weighted by Crippen LogP contribution is -2.47. The average molecular weight is 313 g/mol. The van der Waals surface area contributed by atoms with Crippen molar-refractivity contribution in [3.05, 3.63) is 39.9 Å². The third kappa shape index (κ3) is 3.75. The van der Waals surface area contributed by atoms with Crippen LogP contribution in [0.2, 0.25) is 10.0 Å². The number of likely N-dealkylation sites (tertiary alicyclic amines) is 1. The Labute approximate surface area is 129 Å². The van der Waals surface area contributed by atoms with Crippen LogP contribution in [0, 0.1) is 0 Å². The number of nitrogens with zero attached hydrogens (tertiary/aromatic N) is 1. The summed E-state index contributed by atoms with van der Waals surface area (Å²) < 4.78 is 0. The summed E-state index contributed by atoms with van der Waals surface area (Å²) in [5, 5.41) is 1.17. The van der Waals surface area contributed by atoms with Crippen LogP contribution in [0.3, 0.4) is 0 Å². The molecule has 1 amide bonds. The van der Waals surface area contributed by atoms with E-state index in [4.69, 9.17) is 28.9 Å². The second kappa shape index (κ2) is 6.61. The fourth-order valence-corrected chi connectivity index (χ4v) is 2.80. The summed E-state index contributed by atoms with van der Waals surface area (Å²) >= 11 is 12.0. The summed E-state index contributed by atoms with van der Waals surface area (Å²) in [7, 11) is 0. The lowest BCUT2D eigenvalue weighted by Gasteiger charge is -2.35. The van der Waals surface area contributed by atoms with Gasteiger partial charge < -0.3 is 10.6 Å².